The Labute approximate surface area is 151 Å². The zero-order valence-corrected chi connectivity index (χ0v) is 15.1. The third kappa shape index (κ3) is 4.95. The van der Waals surface area contributed by atoms with Crippen LogP contribution in [-0.2, 0) is 9.84 Å². The van der Waals surface area contributed by atoms with E-state index in [1.165, 1.54) is 0 Å². The zero-order chi connectivity index (χ0) is 18.7. The van der Waals surface area contributed by atoms with Gasteiger partial charge < -0.3 is 15.1 Å². The number of rotatable bonds is 7. The molecule has 138 valence electrons. The van der Waals surface area contributed by atoms with Crippen molar-refractivity contribution in [2.24, 2.45) is 0 Å². The molecular formula is C18H20N2O5S. The van der Waals surface area contributed by atoms with Gasteiger partial charge in [-0.25, -0.2) is 8.42 Å². The van der Waals surface area contributed by atoms with E-state index in [0.717, 1.165) is 24.7 Å². The van der Waals surface area contributed by atoms with Gasteiger partial charge in [-0.15, -0.1) is 0 Å². The standard InChI is InChI=1S/C18H20N2O5S/c1-26(23,24)11-10-19-17(21)13-4-2-12(3-5-13)15-8-9-16(25-15)18(22)20-14-6-7-14/h2-5,8-9,14H,6-7,10-11H2,1H3,(H,19,21)(H,20,22). The average molecular weight is 376 g/mol. The molecule has 2 N–H and O–H groups in total. The molecule has 1 aromatic carbocycles. The Balaban J connectivity index is 1.61. The number of furan rings is 1. The first-order chi connectivity index (χ1) is 12.3. The van der Waals surface area contributed by atoms with Crippen molar-refractivity contribution in [3.63, 3.8) is 0 Å². The van der Waals surface area contributed by atoms with Gasteiger partial charge in [0.2, 0.25) is 0 Å². The normalized spacial score (nSPS) is 14.0. The predicted octanol–water partition coefficient (Wildman–Crippen LogP) is 1.61. The molecule has 3 rings (SSSR count). The molecule has 0 spiro atoms. The first-order valence-electron chi connectivity index (χ1n) is 8.29. The van der Waals surface area contributed by atoms with Gasteiger partial charge in [0.25, 0.3) is 11.8 Å². The lowest BCUT2D eigenvalue weighted by Crippen LogP contribution is -2.28. The summed E-state index contributed by atoms with van der Waals surface area (Å²) in [7, 11) is -3.11. The summed E-state index contributed by atoms with van der Waals surface area (Å²) in [5, 5.41) is 5.42. The van der Waals surface area contributed by atoms with E-state index in [1.807, 2.05) is 0 Å². The molecule has 0 bridgehead atoms. The fourth-order valence-corrected chi connectivity index (χ4v) is 2.81. The SMILES string of the molecule is CS(=O)(=O)CCNC(=O)c1ccc(-c2ccc(C(=O)NC3CC3)o2)cc1. The van der Waals surface area contributed by atoms with Crippen molar-refractivity contribution in [2.75, 3.05) is 18.6 Å². The summed E-state index contributed by atoms with van der Waals surface area (Å²) in [4.78, 5) is 24.0. The summed E-state index contributed by atoms with van der Waals surface area (Å²) in [5.41, 5.74) is 1.16. The van der Waals surface area contributed by atoms with Crippen molar-refractivity contribution in [3.8, 4) is 11.3 Å². The summed E-state index contributed by atoms with van der Waals surface area (Å²) in [6.45, 7) is 0.0665. The molecule has 0 aliphatic heterocycles. The Morgan fingerprint density at radius 1 is 1.08 bits per heavy atom. The highest BCUT2D eigenvalue weighted by atomic mass is 32.2. The lowest BCUT2D eigenvalue weighted by atomic mass is 10.1. The topological polar surface area (TPSA) is 105 Å². The van der Waals surface area contributed by atoms with E-state index in [4.69, 9.17) is 4.42 Å². The molecular weight excluding hydrogens is 356 g/mol. The largest absolute Gasteiger partial charge is 0.451 e. The number of sulfone groups is 1. The Morgan fingerprint density at radius 3 is 2.38 bits per heavy atom. The number of nitrogens with one attached hydrogen (secondary N) is 2. The Hall–Kier alpha value is -2.61. The summed E-state index contributed by atoms with van der Waals surface area (Å²) >= 11 is 0. The van der Waals surface area contributed by atoms with Crippen LogP contribution in [0.5, 0.6) is 0 Å². The molecule has 1 fully saturated rings. The van der Waals surface area contributed by atoms with Crippen LogP contribution in [0.2, 0.25) is 0 Å². The Bertz CT molecular complexity index is 911. The summed E-state index contributed by atoms with van der Waals surface area (Å²) in [6.07, 6.45) is 3.14. The van der Waals surface area contributed by atoms with Gasteiger partial charge in [-0.3, -0.25) is 9.59 Å². The van der Waals surface area contributed by atoms with Crippen molar-refractivity contribution in [1.82, 2.24) is 10.6 Å². The maximum absolute atomic E-state index is 12.0. The van der Waals surface area contributed by atoms with Crippen LogP contribution < -0.4 is 10.6 Å². The highest BCUT2D eigenvalue weighted by Gasteiger charge is 2.25. The van der Waals surface area contributed by atoms with E-state index in [1.54, 1.807) is 36.4 Å². The van der Waals surface area contributed by atoms with E-state index in [-0.39, 0.29) is 35.9 Å². The third-order valence-electron chi connectivity index (χ3n) is 3.93. The van der Waals surface area contributed by atoms with Gasteiger partial charge in [-0.2, -0.15) is 0 Å². The smallest absolute Gasteiger partial charge is 0.287 e. The number of benzene rings is 1. The number of carbonyl (C=O) groups excluding carboxylic acids is 2. The molecule has 1 heterocycles. The maximum atomic E-state index is 12.0. The lowest BCUT2D eigenvalue weighted by molar-refractivity contribution is 0.0922. The number of hydrogen-bond acceptors (Lipinski definition) is 5. The molecule has 1 aromatic heterocycles. The molecule has 1 aliphatic rings. The van der Waals surface area contributed by atoms with Crippen molar-refractivity contribution in [2.45, 2.75) is 18.9 Å². The van der Waals surface area contributed by atoms with Gasteiger partial charge >= 0.3 is 0 Å². The van der Waals surface area contributed by atoms with Crippen LogP contribution in [0.4, 0.5) is 0 Å². The Morgan fingerprint density at radius 2 is 1.77 bits per heavy atom. The summed E-state index contributed by atoms with van der Waals surface area (Å²) < 4.78 is 27.7. The van der Waals surface area contributed by atoms with Gasteiger partial charge in [-0.05, 0) is 37.1 Å². The van der Waals surface area contributed by atoms with E-state index in [9.17, 15) is 18.0 Å². The van der Waals surface area contributed by atoms with Crippen LogP contribution in [0, 0.1) is 0 Å². The van der Waals surface area contributed by atoms with Crippen molar-refractivity contribution in [3.05, 3.63) is 47.7 Å². The third-order valence-corrected chi connectivity index (χ3v) is 4.88. The minimum Gasteiger partial charge on any atom is -0.451 e. The molecule has 2 aromatic rings. The van der Waals surface area contributed by atoms with Gasteiger partial charge in [0.05, 0.1) is 5.75 Å². The maximum Gasteiger partial charge on any atom is 0.287 e. The second-order valence-electron chi connectivity index (χ2n) is 6.37. The highest BCUT2D eigenvalue weighted by Crippen LogP contribution is 2.24. The molecule has 26 heavy (non-hydrogen) atoms. The second-order valence-corrected chi connectivity index (χ2v) is 8.63. The average Bonchev–Trinajstić information content (AvgIpc) is 3.25. The lowest BCUT2D eigenvalue weighted by Gasteiger charge is -2.05. The summed E-state index contributed by atoms with van der Waals surface area (Å²) in [5.74, 6) is 0.129. The van der Waals surface area contributed by atoms with E-state index in [2.05, 4.69) is 10.6 Å². The van der Waals surface area contributed by atoms with E-state index in [0.29, 0.717) is 11.3 Å². The van der Waals surface area contributed by atoms with Gasteiger partial charge in [0.1, 0.15) is 15.6 Å². The van der Waals surface area contributed by atoms with Gasteiger partial charge in [-0.1, -0.05) is 12.1 Å². The second kappa shape index (κ2) is 7.33. The Kier molecular flexibility index (Phi) is 5.13. The molecule has 0 atom stereocenters. The van der Waals surface area contributed by atoms with E-state index >= 15 is 0 Å². The molecule has 1 aliphatic carbocycles. The fourth-order valence-electron chi connectivity index (χ4n) is 2.34. The fraction of sp³-hybridized carbons (Fsp3) is 0.333. The summed E-state index contributed by atoms with van der Waals surface area (Å²) in [6, 6.07) is 10.3. The molecule has 8 heteroatoms. The van der Waals surface area contributed by atoms with Crippen molar-refractivity contribution < 1.29 is 22.4 Å². The first-order valence-corrected chi connectivity index (χ1v) is 10.3. The van der Waals surface area contributed by atoms with E-state index < -0.39 is 9.84 Å². The van der Waals surface area contributed by atoms with Crippen molar-refractivity contribution in [1.29, 1.82) is 0 Å². The van der Waals surface area contributed by atoms with Crippen LogP contribution in [-0.4, -0.2) is 44.8 Å². The quantitative estimate of drug-likeness (QED) is 0.764. The number of carbonyl (C=O) groups is 2. The van der Waals surface area contributed by atoms with Crippen molar-refractivity contribution >= 4 is 21.7 Å². The molecule has 1 saturated carbocycles. The van der Waals surface area contributed by atoms with Gasteiger partial charge in [0, 0.05) is 30.0 Å². The van der Waals surface area contributed by atoms with Crippen LogP contribution in [0.3, 0.4) is 0 Å². The monoisotopic (exact) mass is 376 g/mol. The zero-order valence-electron chi connectivity index (χ0n) is 14.3. The predicted molar refractivity (Wildman–Crippen MR) is 96.7 cm³/mol. The molecule has 0 radical (unpaired) electrons. The molecule has 7 nitrogen and oxygen atoms in total. The van der Waals surface area contributed by atoms with Crippen LogP contribution in [0.1, 0.15) is 33.8 Å². The van der Waals surface area contributed by atoms with Crippen LogP contribution >= 0.6 is 0 Å². The highest BCUT2D eigenvalue weighted by molar-refractivity contribution is 7.90. The minimum absolute atomic E-state index is 0.0665. The molecule has 0 unspecified atom stereocenters. The number of amides is 2. The molecule has 2 amide bonds. The first kappa shape index (κ1) is 18.2. The van der Waals surface area contributed by atoms with Crippen LogP contribution in [0.15, 0.2) is 40.8 Å². The minimum atomic E-state index is -3.11. The van der Waals surface area contributed by atoms with Crippen LogP contribution in [0.25, 0.3) is 11.3 Å². The molecule has 0 saturated heterocycles. The van der Waals surface area contributed by atoms with Gasteiger partial charge in [0.15, 0.2) is 5.76 Å². The number of hydrogen-bond donors (Lipinski definition) is 2.